The second kappa shape index (κ2) is 27.4. The lowest BCUT2D eigenvalue weighted by molar-refractivity contribution is -0.263. The molecule has 4 atom stereocenters. The molecular weight excluding hydrogens is 1190 g/mol. The third-order valence-corrected chi connectivity index (χ3v) is 19.7. The van der Waals surface area contributed by atoms with Gasteiger partial charge in [0.15, 0.2) is 0 Å². The Morgan fingerprint density at radius 3 is 1.22 bits per heavy atom. The molecule has 2 N–H and O–H groups in total. The van der Waals surface area contributed by atoms with Crippen molar-refractivity contribution in [1.29, 1.82) is 0 Å². The van der Waals surface area contributed by atoms with Crippen LogP contribution in [0.2, 0.25) is 10.0 Å². The number of halogens is 9. The van der Waals surface area contributed by atoms with E-state index in [4.69, 9.17) is 23.2 Å². The van der Waals surface area contributed by atoms with Gasteiger partial charge in [-0.3, -0.25) is 19.2 Å². The van der Waals surface area contributed by atoms with Crippen molar-refractivity contribution in [3.05, 3.63) is 148 Å². The third kappa shape index (κ3) is 14.1. The lowest BCUT2D eigenvalue weighted by Gasteiger charge is -2.40. The number of aliphatic hydroxyl groups is 2. The molecule has 6 aliphatic rings. The van der Waals surface area contributed by atoms with Gasteiger partial charge in [-0.15, -0.1) is 0 Å². The average molecular weight is 1270 g/mol. The van der Waals surface area contributed by atoms with Crippen molar-refractivity contribution >= 4 is 58.2 Å². The standard InChI is InChI=1S/C34H39ClF3N5O3.C31H36ClF4N3O3/c35-30-21-27(6-7-29(30)31(44)42-18-12-28(22-42)43-19-13-39-23-43)40-14-8-24(9-15-40)20-25-10-16-41(17-11-25)32(45)33(46,34(36,37)38)26-4-2-1-3-5-26;32-27-19-25(6-7-26(27)28(40)39-17-12-24(33)20-39)37-13-8-21(9-14-37)18-22-10-15-38(16-11-22)29(41)30(42,31(34,35)36)23-4-2-1-3-5-23/h1-7,13,19,21,23-25,28,46H,8-12,14-18,20,22H2;1-7,19,21-22,24,42H,8-18,20H2/t28?,33-;24-,30+/m10/s1. The lowest BCUT2D eigenvalue weighted by atomic mass is 9.82. The highest BCUT2D eigenvalue weighted by molar-refractivity contribution is 6.34. The van der Waals surface area contributed by atoms with Gasteiger partial charge in [0.05, 0.1) is 40.1 Å². The van der Waals surface area contributed by atoms with Gasteiger partial charge >= 0.3 is 12.4 Å². The van der Waals surface area contributed by atoms with Gasteiger partial charge in [-0.1, -0.05) is 83.9 Å². The fourth-order valence-electron chi connectivity index (χ4n) is 13.8. The molecule has 6 saturated heterocycles. The molecule has 0 spiro atoms. The van der Waals surface area contributed by atoms with E-state index in [1.54, 1.807) is 30.7 Å². The van der Waals surface area contributed by atoms with Crippen molar-refractivity contribution in [3.8, 4) is 0 Å². The van der Waals surface area contributed by atoms with Crippen LogP contribution in [-0.2, 0) is 20.8 Å². The Balaban J connectivity index is 0.000000195. The second-order valence-corrected chi connectivity index (χ2v) is 25.4. The summed E-state index contributed by atoms with van der Waals surface area (Å²) in [4.78, 5) is 66.3. The van der Waals surface area contributed by atoms with E-state index >= 15 is 0 Å². The average Bonchev–Trinajstić information content (AvgIpc) is 1.30. The van der Waals surface area contributed by atoms with E-state index in [-0.39, 0.29) is 50.6 Å². The van der Waals surface area contributed by atoms with Gasteiger partial charge in [0.25, 0.3) is 34.8 Å². The van der Waals surface area contributed by atoms with Crippen molar-refractivity contribution in [1.82, 2.24) is 29.2 Å². The summed E-state index contributed by atoms with van der Waals surface area (Å²) in [6.45, 7) is 5.87. The predicted octanol–water partition coefficient (Wildman–Crippen LogP) is 11.7. The maximum Gasteiger partial charge on any atom is 0.430 e. The summed E-state index contributed by atoms with van der Waals surface area (Å²) in [7, 11) is 0. The molecule has 1 aromatic heterocycles. The first-order chi connectivity index (χ1) is 42.0. The van der Waals surface area contributed by atoms with Gasteiger partial charge in [0.2, 0.25) is 0 Å². The van der Waals surface area contributed by atoms with Gasteiger partial charge in [0, 0.05) is 107 Å². The summed E-state index contributed by atoms with van der Waals surface area (Å²) >= 11 is 13.1. The largest absolute Gasteiger partial charge is 0.430 e. The normalized spacial score (nSPS) is 21.9. The van der Waals surface area contributed by atoms with Crippen LogP contribution in [0.15, 0.2) is 116 Å². The van der Waals surface area contributed by atoms with Crippen molar-refractivity contribution in [2.24, 2.45) is 23.7 Å². The molecule has 23 heteroatoms. The Bertz CT molecular complexity index is 3190. The molecule has 5 aromatic rings. The lowest BCUT2D eigenvalue weighted by Crippen LogP contribution is -2.57. The first kappa shape index (κ1) is 64.6. The van der Waals surface area contributed by atoms with Crippen LogP contribution < -0.4 is 9.80 Å². The quantitative estimate of drug-likeness (QED) is 0.110. The first-order valence-corrected chi connectivity index (χ1v) is 31.3. The Hall–Kier alpha value is -6.42. The van der Waals surface area contributed by atoms with Crippen LogP contribution in [0.3, 0.4) is 0 Å². The number of nitrogens with zero attached hydrogens (tertiary/aromatic N) is 8. The van der Waals surface area contributed by atoms with Crippen LogP contribution >= 0.6 is 23.2 Å². The highest BCUT2D eigenvalue weighted by Gasteiger charge is 2.63. The zero-order valence-electron chi connectivity index (χ0n) is 48.9. The maximum absolute atomic E-state index is 14.0. The third-order valence-electron chi connectivity index (χ3n) is 19.1. The number of hydrogen-bond acceptors (Lipinski definition) is 9. The summed E-state index contributed by atoms with van der Waals surface area (Å²) in [6.07, 6.45) is 3.59. The first-order valence-electron chi connectivity index (χ1n) is 30.6. The molecule has 6 fully saturated rings. The molecule has 11 rings (SSSR count). The van der Waals surface area contributed by atoms with Gasteiger partial charge in [-0.25, -0.2) is 9.37 Å². The minimum Gasteiger partial charge on any atom is -0.371 e. The van der Waals surface area contributed by atoms with Crippen molar-refractivity contribution < 1.29 is 60.1 Å². The van der Waals surface area contributed by atoms with Crippen LogP contribution in [0.25, 0.3) is 0 Å². The van der Waals surface area contributed by atoms with Crippen LogP contribution in [-0.4, -0.2) is 160 Å². The highest BCUT2D eigenvalue weighted by atomic mass is 35.5. The molecule has 88 heavy (non-hydrogen) atoms. The molecule has 7 heterocycles. The topological polar surface area (TPSA) is 146 Å². The maximum atomic E-state index is 14.0. The van der Waals surface area contributed by atoms with E-state index in [9.17, 15) is 60.1 Å². The molecule has 14 nitrogen and oxygen atoms in total. The second-order valence-electron chi connectivity index (χ2n) is 24.6. The number of amides is 4. The van der Waals surface area contributed by atoms with Crippen LogP contribution in [0.4, 0.5) is 42.1 Å². The zero-order chi connectivity index (χ0) is 62.5. The van der Waals surface area contributed by atoms with Crippen LogP contribution in [0.1, 0.15) is 115 Å². The van der Waals surface area contributed by atoms with E-state index in [0.29, 0.717) is 96.6 Å². The molecular formula is C65H75Cl2F7N8O6. The monoisotopic (exact) mass is 1270 g/mol. The zero-order valence-corrected chi connectivity index (χ0v) is 50.4. The van der Waals surface area contributed by atoms with E-state index < -0.39 is 52.7 Å². The Morgan fingerprint density at radius 2 is 0.864 bits per heavy atom. The molecule has 4 aromatic carbocycles. The number of aromatic nitrogens is 2. The Morgan fingerprint density at radius 1 is 0.489 bits per heavy atom. The number of anilines is 2. The Kier molecular flexibility index (Phi) is 20.1. The van der Waals surface area contributed by atoms with Gasteiger partial charge < -0.3 is 44.2 Å². The molecule has 0 radical (unpaired) electrons. The number of rotatable bonds is 13. The van der Waals surface area contributed by atoms with E-state index in [1.807, 2.05) is 39.9 Å². The Labute approximate surface area is 518 Å². The van der Waals surface area contributed by atoms with E-state index in [1.165, 1.54) is 40.1 Å². The number of carbonyl (C=O) groups is 4. The fourth-order valence-corrected chi connectivity index (χ4v) is 14.3. The minimum atomic E-state index is -5.14. The summed E-state index contributed by atoms with van der Waals surface area (Å²) in [6, 6.07) is 24.4. The number of alkyl halides is 7. The number of hydrogen-bond donors (Lipinski definition) is 2. The number of imidazole rings is 1. The number of likely N-dealkylation sites (tertiary alicyclic amines) is 4. The SMILES string of the molecule is O=C(c1ccc(N2CCC(CC3CCN(C(=O)[C@](O)(c4ccccc4)C(F)(F)F)CC3)CC2)cc1Cl)N1CCC(n2ccnc2)C1.O=C(c1ccc(N2CCC(CC3CCN(C(=O)[C@](O)(c4ccccc4)C(F)(F)F)CC3)CC2)cc1Cl)N1CC[C@H](F)C1. The summed E-state index contributed by atoms with van der Waals surface area (Å²) in [5, 5.41) is 22.1. The smallest absolute Gasteiger partial charge is 0.371 e. The number of piperidine rings is 4. The van der Waals surface area contributed by atoms with Crippen molar-refractivity contribution in [3.63, 3.8) is 0 Å². The minimum absolute atomic E-state index is 0.0613. The number of carbonyl (C=O) groups excluding carboxylic acids is 4. The summed E-state index contributed by atoms with van der Waals surface area (Å²) in [5.41, 5.74) is -5.24. The molecule has 4 amide bonds. The van der Waals surface area contributed by atoms with E-state index in [0.717, 1.165) is 112 Å². The summed E-state index contributed by atoms with van der Waals surface area (Å²) in [5.74, 6) is -1.37. The molecule has 1 unspecified atom stereocenters. The molecule has 0 saturated carbocycles. The molecule has 0 bridgehead atoms. The fraction of sp³-hybridized carbons (Fsp3) is 0.523. The van der Waals surface area contributed by atoms with Gasteiger partial charge in [0.1, 0.15) is 6.17 Å². The number of benzene rings is 4. The summed E-state index contributed by atoms with van der Waals surface area (Å²) < 4.78 is 99.4. The predicted molar refractivity (Wildman–Crippen MR) is 321 cm³/mol. The van der Waals surface area contributed by atoms with Crippen molar-refractivity contribution in [2.45, 2.75) is 113 Å². The molecule has 6 aliphatic heterocycles. The molecule has 474 valence electrons. The van der Waals surface area contributed by atoms with Crippen LogP contribution in [0, 0.1) is 23.7 Å². The van der Waals surface area contributed by atoms with Crippen LogP contribution in [0.5, 0.6) is 0 Å². The molecule has 0 aliphatic carbocycles. The highest BCUT2D eigenvalue weighted by Crippen LogP contribution is 2.44. The van der Waals surface area contributed by atoms with Crippen molar-refractivity contribution in [2.75, 3.05) is 88.3 Å². The van der Waals surface area contributed by atoms with Gasteiger partial charge in [-0.05, 0) is 137 Å². The van der Waals surface area contributed by atoms with E-state index in [2.05, 4.69) is 14.8 Å². The van der Waals surface area contributed by atoms with Gasteiger partial charge in [-0.2, -0.15) is 26.3 Å².